The fourth-order valence-electron chi connectivity index (χ4n) is 3.93. The highest BCUT2D eigenvalue weighted by Gasteiger charge is 2.19. The van der Waals surface area contributed by atoms with Crippen LogP contribution in [0, 0.1) is 12.7 Å². The summed E-state index contributed by atoms with van der Waals surface area (Å²) >= 11 is 0. The van der Waals surface area contributed by atoms with Crippen LogP contribution in [0.4, 0.5) is 10.1 Å². The molecule has 0 saturated carbocycles. The first kappa shape index (κ1) is 27.2. The van der Waals surface area contributed by atoms with Crippen LogP contribution < -0.4 is 25.9 Å². The number of aryl methyl sites for hydroxylation is 1. The number of anilines is 1. The highest BCUT2D eigenvalue weighted by atomic mass is 19.1. The highest BCUT2D eigenvalue weighted by Crippen LogP contribution is 2.28. The van der Waals surface area contributed by atoms with E-state index in [1.807, 2.05) is 39.0 Å². The zero-order chi connectivity index (χ0) is 27.1. The molecule has 192 valence electrons. The van der Waals surface area contributed by atoms with E-state index >= 15 is 0 Å². The SMILES string of the molecule is C=C/C(C(=O)c1cc(=C/C(C)=C/CC)/c(=C\C)[nH]1)=C(/N)N(C)c1cnc(Oc2ccccc2F)cc1C. The molecule has 0 spiro atoms. The minimum absolute atomic E-state index is 0.0843. The zero-order valence-electron chi connectivity index (χ0n) is 21.9. The molecule has 37 heavy (non-hydrogen) atoms. The Morgan fingerprint density at radius 2 is 2.03 bits per heavy atom. The predicted molar refractivity (Wildman–Crippen MR) is 148 cm³/mol. The molecule has 7 heteroatoms. The lowest BCUT2D eigenvalue weighted by Crippen LogP contribution is -2.27. The maximum Gasteiger partial charge on any atom is 0.219 e. The zero-order valence-corrected chi connectivity index (χ0v) is 21.9. The van der Waals surface area contributed by atoms with Crippen LogP contribution in [0.5, 0.6) is 11.6 Å². The summed E-state index contributed by atoms with van der Waals surface area (Å²) in [5.41, 5.74) is 9.68. The van der Waals surface area contributed by atoms with E-state index in [0.717, 1.165) is 28.1 Å². The minimum Gasteiger partial charge on any atom is -0.436 e. The average Bonchev–Trinajstić information content (AvgIpc) is 3.28. The van der Waals surface area contributed by atoms with Crippen molar-refractivity contribution in [2.24, 2.45) is 5.73 Å². The predicted octanol–water partition coefficient (Wildman–Crippen LogP) is 5.26. The molecule has 2 aromatic heterocycles. The van der Waals surface area contributed by atoms with E-state index in [0.29, 0.717) is 11.4 Å². The maximum atomic E-state index is 13.9. The number of allylic oxidation sites excluding steroid dienone is 4. The second-order valence-corrected chi connectivity index (χ2v) is 8.57. The molecule has 6 nitrogen and oxygen atoms in total. The minimum atomic E-state index is -0.477. The number of hydrogen-bond acceptors (Lipinski definition) is 5. The lowest BCUT2D eigenvalue weighted by Gasteiger charge is -2.23. The van der Waals surface area contributed by atoms with Gasteiger partial charge in [0, 0.05) is 23.7 Å². The molecular formula is C30H33FN4O2. The number of carbonyl (C=O) groups is 1. The summed E-state index contributed by atoms with van der Waals surface area (Å²) in [6, 6.07) is 9.63. The molecule has 0 aliphatic heterocycles. The van der Waals surface area contributed by atoms with E-state index < -0.39 is 5.82 Å². The van der Waals surface area contributed by atoms with Gasteiger partial charge in [0.05, 0.1) is 23.2 Å². The number of hydrogen-bond donors (Lipinski definition) is 2. The van der Waals surface area contributed by atoms with Gasteiger partial charge in [0.2, 0.25) is 11.7 Å². The fraction of sp³-hybridized carbons (Fsp3) is 0.200. The number of nitrogens with zero attached hydrogens (tertiary/aromatic N) is 2. The van der Waals surface area contributed by atoms with Gasteiger partial charge in [0.15, 0.2) is 11.6 Å². The number of pyridine rings is 1. The van der Waals surface area contributed by atoms with Gasteiger partial charge in [-0.25, -0.2) is 9.37 Å². The Morgan fingerprint density at radius 3 is 2.65 bits per heavy atom. The summed E-state index contributed by atoms with van der Waals surface area (Å²) in [7, 11) is 1.74. The number of nitrogens with one attached hydrogen (secondary N) is 1. The average molecular weight is 501 g/mol. The second-order valence-electron chi connectivity index (χ2n) is 8.57. The van der Waals surface area contributed by atoms with Crippen LogP contribution in [-0.4, -0.2) is 22.8 Å². The summed E-state index contributed by atoms with van der Waals surface area (Å²) in [6.07, 6.45) is 10.0. The van der Waals surface area contributed by atoms with Crippen molar-refractivity contribution < 1.29 is 13.9 Å². The van der Waals surface area contributed by atoms with Crippen molar-refractivity contribution in [1.82, 2.24) is 9.97 Å². The standard InChI is InChI=1S/C30H33FN4O2/c1-7-12-19(4)15-21-17-25(34-24(21)9-3)29(36)22(8-2)30(32)35(6)26-18-33-28(16-20(26)5)37-27-14-11-10-13-23(27)31/h8-18,34H,2,7,32H2,1,3-6H3/b19-12+,21-15-,24-9+,30-22+. The number of rotatable bonds is 9. The van der Waals surface area contributed by atoms with E-state index in [4.69, 9.17) is 10.5 Å². The van der Waals surface area contributed by atoms with Crippen molar-refractivity contribution in [3.05, 3.63) is 106 Å². The van der Waals surface area contributed by atoms with Gasteiger partial charge in [-0.15, -0.1) is 0 Å². The molecule has 2 heterocycles. The molecular weight excluding hydrogens is 467 g/mol. The van der Waals surface area contributed by atoms with Crippen molar-refractivity contribution in [3.63, 3.8) is 0 Å². The van der Waals surface area contributed by atoms with Crippen LogP contribution in [-0.2, 0) is 0 Å². The number of para-hydroxylation sites is 1. The molecule has 3 rings (SSSR count). The summed E-state index contributed by atoms with van der Waals surface area (Å²) in [5.74, 6) is -0.203. The van der Waals surface area contributed by atoms with E-state index in [2.05, 4.69) is 29.5 Å². The van der Waals surface area contributed by atoms with Gasteiger partial charge in [0.25, 0.3) is 0 Å². The number of nitrogens with two attached hydrogens (primary N) is 1. The largest absolute Gasteiger partial charge is 0.436 e. The number of halogens is 1. The van der Waals surface area contributed by atoms with E-state index in [1.165, 1.54) is 18.2 Å². The third kappa shape index (κ3) is 6.25. The summed E-state index contributed by atoms with van der Waals surface area (Å²) in [5, 5.41) is 1.78. The Labute approximate surface area is 217 Å². The number of aromatic nitrogens is 2. The van der Waals surface area contributed by atoms with Gasteiger partial charge in [-0.3, -0.25) is 4.79 Å². The summed E-state index contributed by atoms with van der Waals surface area (Å²) < 4.78 is 19.5. The van der Waals surface area contributed by atoms with Crippen LogP contribution in [0.2, 0.25) is 0 Å². The smallest absolute Gasteiger partial charge is 0.219 e. The lowest BCUT2D eigenvalue weighted by atomic mass is 10.1. The quantitative estimate of drug-likeness (QED) is 0.238. The number of benzene rings is 1. The van der Waals surface area contributed by atoms with Gasteiger partial charge < -0.3 is 20.4 Å². The third-order valence-electron chi connectivity index (χ3n) is 5.88. The molecule has 1 aromatic carbocycles. The first-order chi connectivity index (χ1) is 17.7. The van der Waals surface area contributed by atoms with Crippen LogP contribution in [0.15, 0.2) is 78.3 Å². The number of carbonyl (C=O) groups excluding carboxylic acids is 1. The van der Waals surface area contributed by atoms with Crippen molar-refractivity contribution in [3.8, 4) is 11.6 Å². The van der Waals surface area contributed by atoms with E-state index in [-0.39, 0.29) is 28.8 Å². The first-order valence-corrected chi connectivity index (χ1v) is 12.0. The molecule has 0 atom stereocenters. The number of ether oxygens (including phenoxy) is 1. The summed E-state index contributed by atoms with van der Waals surface area (Å²) in [4.78, 5) is 22.6. The third-order valence-corrected chi connectivity index (χ3v) is 5.88. The van der Waals surface area contributed by atoms with Crippen LogP contribution in [0.25, 0.3) is 12.2 Å². The fourth-order valence-corrected chi connectivity index (χ4v) is 3.93. The van der Waals surface area contributed by atoms with Crippen LogP contribution in [0.1, 0.15) is 43.2 Å². The Balaban J connectivity index is 1.94. The Kier molecular flexibility index (Phi) is 8.85. The van der Waals surface area contributed by atoms with Crippen molar-refractivity contribution in [2.75, 3.05) is 11.9 Å². The molecule has 0 amide bonds. The lowest BCUT2D eigenvalue weighted by molar-refractivity contribution is 0.103. The molecule has 0 aliphatic carbocycles. The molecule has 0 saturated heterocycles. The Morgan fingerprint density at radius 1 is 1.30 bits per heavy atom. The monoisotopic (exact) mass is 500 g/mol. The van der Waals surface area contributed by atoms with Crippen LogP contribution >= 0.6 is 0 Å². The highest BCUT2D eigenvalue weighted by molar-refractivity contribution is 6.10. The van der Waals surface area contributed by atoms with Gasteiger partial charge in [-0.1, -0.05) is 55.5 Å². The van der Waals surface area contributed by atoms with Crippen molar-refractivity contribution in [2.45, 2.75) is 34.1 Å². The second kappa shape index (κ2) is 12.0. The number of aromatic amines is 1. The molecule has 3 N–H and O–H groups in total. The molecule has 0 radical (unpaired) electrons. The van der Waals surface area contributed by atoms with Gasteiger partial charge in [0.1, 0.15) is 5.82 Å². The van der Waals surface area contributed by atoms with Gasteiger partial charge in [-0.2, -0.15) is 0 Å². The number of Topliss-reactive ketones (excluding diaryl/α,β-unsaturated/α-hetero) is 1. The number of H-pyrrole nitrogens is 1. The maximum absolute atomic E-state index is 13.9. The van der Waals surface area contributed by atoms with Crippen LogP contribution in [0.3, 0.4) is 0 Å². The normalized spacial score (nSPS) is 13.4. The number of ketones is 1. The first-order valence-electron chi connectivity index (χ1n) is 12.0. The molecule has 0 unspecified atom stereocenters. The molecule has 0 fully saturated rings. The Hall–Kier alpha value is -4.39. The van der Waals surface area contributed by atoms with Gasteiger partial charge >= 0.3 is 0 Å². The molecule has 3 aromatic rings. The Bertz CT molecular complexity index is 1500. The molecule has 0 aliphatic rings. The van der Waals surface area contributed by atoms with Crippen molar-refractivity contribution in [1.29, 1.82) is 0 Å². The van der Waals surface area contributed by atoms with E-state index in [1.54, 1.807) is 36.3 Å². The molecule has 0 bridgehead atoms. The van der Waals surface area contributed by atoms with E-state index in [9.17, 15) is 9.18 Å². The van der Waals surface area contributed by atoms with Crippen molar-refractivity contribution >= 4 is 23.6 Å². The summed E-state index contributed by atoms with van der Waals surface area (Å²) in [6.45, 7) is 11.7. The van der Waals surface area contributed by atoms with Gasteiger partial charge in [-0.05, 0) is 51.0 Å². The topological polar surface area (TPSA) is 84.2 Å².